The summed E-state index contributed by atoms with van der Waals surface area (Å²) in [5.41, 5.74) is 1.95. The molecule has 2 aliphatic rings. The second kappa shape index (κ2) is 8.62. The van der Waals surface area contributed by atoms with Gasteiger partial charge >= 0.3 is 0 Å². The van der Waals surface area contributed by atoms with Gasteiger partial charge in [-0.25, -0.2) is 0 Å². The van der Waals surface area contributed by atoms with Crippen molar-refractivity contribution in [3.8, 4) is 0 Å². The number of β-amino-alcohol motifs (C(OH)–C–C–N with tert-alkyl or cyclic N) is 1. The Kier molecular flexibility index (Phi) is 6.24. The van der Waals surface area contributed by atoms with Crippen molar-refractivity contribution in [2.45, 2.75) is 19.4 Å². The highest BCUT2D eigenvalue weighted by Gasteiger charge is 2.35. The predicted molar refractivity (Wildman–Crippen MR) is 97.9 cm³/mol. The molecule has 0 bridgehead atoms. The number of aliphatic hydroxyl groups is 1. The first kappa shape index (κ1) is 18.8. The number of aliphatic hydroxyl groups excluding tert-OH is 1. The molecule has 0 spiro atoms. The van der Waals surface area contributed by atoms with Gasteiger partial charge in [0.25, 0.3) is 0 Å². The number of aryl methyl sites for hydroxylation is 1. The van der Waals surface area contributed by atoms with Crippen LogP contribution in [-0.4, -0.2) is 73.9 Å². The SMILES string of the molecule is Cc1ccc(N2C[C@@H](C(=O)NC[C@H](O)CN3CCOCC3)CC2=O)cc1. The Morgan fingerprint density at radius 1 is 1.31 bits per heavy atom. The molecule has 0 saturated carbocycles. The Bertz CT molecular complexity index is 628. The molecule has 0 aromatic heterocycles. The first-order valence-corrected chi connectivity index (χ1v) is 9.16. The fourth-order valence-electron chi connectivity index (χ4n) is 3.37. The number of morpholine rings is 1. The van der Waals surface area contributed by atoms with Crippen LogP contribution in [0.2, 0.25) is 0 Å². The highest BCUT2D eigenvalue weighted by atomic mass is 16.5. The molecule has 7 heteroatoms. The maximum atomic E-state index is 12.4. The first-order chi connectivity index (χ1) is 12.5. The van der Waals surface area contributed by atoms with E-state index in [1.54, 1.807) is 4.90 Å². The highest BCUT2D eigenvalue weighted by Crippen LogP contribution is 2.25. The summed E-state index contributed by atoms with van der Waals surface area (Å²) in [5.74, 6) is -0.587. The minimum absolute atomic E-state index is 0.0390. The lowest BCUT2D eigenvalue weighted by molar-refractivity contribution is -0.126. The van der Waals surface area contributed by atoms with Gasteiger partial charge in [-0.2, -0.15) is 0 Å². The lowest BCUT2D eigenvalue weighted by Gasteiger charge is -2.28. The number of benzene rings is 1. The van der Waals surface area contributed by atoms with Crippen molar-refractivity contribution in [1.82, 2.24) is 10.2 Å². The van der Waals surface area contributed by atoms with Crippen LogP contribution in [-0.2, 0) is 14.3 Å². The van der Waals surface area contributed by atoms with Crippen LogP contribution in [0.3, 0.4) is 0 Å². The van der Waals surface area contributed by atoms with E-state index in [-0.39, 0.29) is 30.7 Å². The molecule has 2 saturated heterocycles. The monoisotopic (exact) mass is 361 g/mol. The number of carbonyl (C=O) groups excluding carboxylic acids is 2. The molecule has 2 amide bonds. The molecule has 0 unspecified atom stereocenters. The van der Waals surface area contributed by atoms with E-state index in [0.29, 0.717) is 26.3 Å². The van der Waals surface area contributed by atoms with Crippen molar-refractivity contribution in [2.24, 2.45) is 5.92 Å². The summed E-state index contributed by atoms with van der Waals surface area (Å²) in [6, 6.07) is 7.72. The molecule has 0 aliphatic carbocycles. The minimum atomic E-state index is -0.623. The molecule has 2 fully saturated rings. The molecule has 0 radical (unpaired) electrons. The van der Waals surface area contributed by atoms with Crippen LogP contribution in [0, 0.1) is 12.8 Å². The Morgan fingerprint density at radius 3 is 2.69 bits per heavy atom. The summed E-state index contributed by atoms with van der Waals surface area (Å²) < 4.78 is 5.28. The minimum Gasteiger partial charge on any atom is -0.390 e. The normalized spacial score (nSPS) is 22.5. The average Bonchev–Trinajstić information content (AvgIpc) is 3.03. The van der Waals surface area contributed by atoms with Crippen LogP contribution >= 0.6 is 0 Å². The first-order valence-electron chi connectivity index (χ1n) is 9.16. The zero-order valence-corrected chi connectivity index (χ0v) is 15.2. The van der Waals surface area contributed by atoms with Gasteiger partial charge in [-0.3, -0.25) is 14.5 Å². The summed E-state index contributed by atoms with van der Waals surface area (Å²) in [6.45, 7) is 6.05. The zero-order valence-electron chi connectivity index (χ0n) is 15.2. The smallest absolute Gasteiger partial charge is 0.227 e. The Morgan fingerprint density at radius 2 is 2.00 bits per heavy atom. The van der Waals surface area contributed by atoms with Gasteiger partial charge < -0.3 is 20.1 Å². The molecule has 26 heavy (non-hydrogen) atoms. The quantitative estimate of drug-likeness (QED) is 0.754. The highest BCUT2D eigenvalue weighted by molar-refractivity contribution is 6.00. The van der Waals surface area contributed by atoms with Crippen molar-refractivity contribution in [3.63, 3.8) is 0 Å². The van der Waals surface area contributed by atoms with E-state index >= 15 is 0 Å². The lowest BCUT2D eigenvalue weighted by atomic mass is 10.1. The van der Waals surface area contributed by atoms with Gasteiger partial charge in [-0.15, -0.1) is 0 Å². The van der Waals surface area contributed by atoms with Gasteiger partial charge in [-0.1, -0.05) is 17.7 Å². The maximum Gasteiger partial charge on any atom is 0.227 e. The number of carbonyl (C=O) groups is 2. The van der Waals surface area contributed by atoms with Crippen LogP contribution in [0.4, 0.5) is 5.69 Å². The number of ether oxygens (including phenoxy) is 1. The third-order valence-electron chi connectivity index (χ3n) is 4.93. The van der Waals surface area contributed by atoms with E-state index in [1.807, 2.05) is 31.2 Å². The predicted octanol–water partition coefficient (Wildman–Crippen LogP) is 0.157. The summed E-state index contributed by atoms with van der Waals surface area (Å²) in [6.07, 6.45) is -0.415. The van der Waals surface area contributed by atoms with Gasteiger partial charge in [0.15, 0.2) is 0 Å². The third-order valence-corrected chi connectivity index (χ3v) is 4.93. The van der Waals surface area contributed by atoms with Gasteiger partial charge in [-0.05, 0) is 19.1 Å². The van der Waals surface area contributed by atoms with E-state index in [2.05, 4.69) is 10.2 Å². The van der Waals surface area contributed by atoms with Crippen LogP contribution in [0.25, 0.3) is 0 Å². The molecule has 3 rings (SSSR count). The lowest BCUT2D eigenvalue weighted by Crippen LogP contribution is -2.45. The van der Waals surface area contributed by atoms with Crippen molar-refractivity contribution in [3.05, 3.63) is 29.8 Å². The third kappa shape index (κ3) is 4.81. The Labute approximate surface area is 153 Å². The molecule has 142 valence electrons. The van der Waals surface area contributed by atoms with Crippen molar-refractivity contribution < 1.29 is 19.4 Å². The van der Waals surface area contributed by atoms with Gasteiger partial charge in [0, 0.05) is 44.8 Å². The summed E-state index contributed by atoms with van der Waals surface area (Å²) >= 11 is 0. The summed E-state index contributed by atoms with van der Waals surface area (Å²) in [5, 5.41) is 12.9. The van der Waals surface area contributed by atoms with Gasteiger partial charge in [0.2, 0.25) is 11.8 Å². The fourth-order valence-corrected chi connectivity index (χ4v) is 3.37. The van der Waals surface area contributed by atoms with Gasteiger partial charge in [0.1, 0.15) is 0 Å². The van der Waals surface area contributed by atoms with Crippen LogP contribution in [0.1, 0.15) is 12.0 Å². The standard InChI is InChI=1S/C19H27N3O4/c1-14-2-4-16(5-3-14)22-12-15(10-18(22)24)19(25)20-11-17(23)13-21-6-8-26-9-7-21/h2-5,15,17,23H,6-13H2,1H3,(H,20,25)/t15-,17-/m0/s1. The Hall–Kier alpha value is -1.96. The summed E-state index contributed by atoms with van der Waals surface area (Å²) in [7, 11) is 0. The van der Waals surface area contributed by atoms with E-state index < -0.39 is 6.10 Å². The topological polar surface area (TPSA) is 82.1 Å². The largest absolute Gasteiger partial charge is 0.390 e. The van der Waals surface area contributed by atoms with Crippen LogP contribution in [0.15, 0.2) is 24.3 Å². The molecular formula is C19H27N3O4. The van der Waals surface area contributed by atoms with Crippen LogP contribution < -0.4 is 10.2 Å². The van der Waals surface area contributed by atoms with E-state index in [1.165, 1.54) is 0 Å². The Balaban J connectivity index is 1.46. The number of amides is 2. The maximum absolute atomic E-state index is 12.4. The molecule has 1 aromatic rings. The zero-order chi connectivity index (χ0) is 18.5. The number of nitrogens with zero attached hydrogens (tertiary/aromatic N) is 2. The van der Waals surface area contributed by atoms with Crippen molar-refractivity contribution >= 4 is 17.5 Å². The van der Waals surface area contributed by atoms with E-state index in [0.717, 1.165) is 24.3 Å². The summed E-state index contributed by atoms with van der Waals surface area (Å²) in [4.78, 5) is 28.4. The van der Waals surface area contributed by atoms with E-state index in [4.69, 9.17) is 4.74 Å². The van der Waals surface area contributed by atoms with Crippen molar-refractivity contribution in [2.75, 3.05) is 50.8 Å². The molecule has 2 N–H and O–H groups in total. The number of nitrogens with one attached hydrogen (secondary N) is 1. The number of hydrogen-bond donors (Lipinski definition) is 2. The number of hydrogen-bond acceptors (Lipinski definition) is 5. The molecule has 2 heterocycles. The van der Waals surface area contributed by atoms with E-state index in [9.17, 15) is 14.7 Å². The fraction of sp³-hybridized carbons (Fsp3) is 0.579. The van der Waals surface area contributed by atoms with Crippen molar-refractivity contribution in [1.29, 1.82) is 0 Å². The van der Waals surface area contributed by atoms with Gasteiger partial charge in [0.05, 0.1) is 25.2 Å². The molecule has 2 atom stereocenters. The molecule has 1 aromatic carbocycles. The molecular weight excluding hydrogens is 334 g/mol. The number of anilines is 1. The van der Waals surface area contributed by atoms with Crippen LogP contribution in [0.5, 0.6) is 0 Å². The molecule has 7 nitrogen and oxygen atoms in total. The average molecular weight is 361 g/mol. The molecule has 2 aliphatic heterocycles. The second-order valence-corrected chi connectivity index (χ2v) is 7.05. The number of rotatable bonds is 6. The second-order valence-electron chi connectivity index (χ2n) is 7.05.